The summed E-state index contributed by atoms with van der Waals surface area (Å²) in [6.45, 7) is 0.284. The Balaban J connectivity index is 1.44. The molecule has 5 rings (SSSR count). The molecule has 1 aromatic heterocycles. The summed E-state index contributed by atoms with van der Waals surface area (Å²) in [4.78, 5) is 32.1. The van der Waals surface area contributed by atoms with Crippen molar-refractivity contribution >= 4 is 35.5 Å². The van der Waals surface area contributed by atoms with Gasteiger partial charge in [-0.2, -0.15) is 0 Å². The van der Waals surface area contributed by atoms with Crippen LogP contribution in [-0.2, 0) is 25.5 Å². The van der Waals surface area contributed by atoms with Crippen LogP contribution in [0.4, 0.5) is 15.9 Å². The maximum Gasteiger partial charge on any atom is 0.347 e. The van der Waals surface area contributed by atoms with E-state index < -0.39 is 17.6 Å². The minimum absolute atomic E-state index is 0.0143. The summed E-state index contributed by atoms with van der Waals surface area (Å²) >= 11 is 0. The number of aromatic amines is 1. The Morgan fingerprint density at radius 1 is 1.32 bits per heavy atom. The SMILES string of the molecule is O=C(OCC1CC1)C1=C(Nc2ccc(F)cc2)O/C(=C\c2c[nH]c3c2CCC=[NH+]3)C1=O. The number of esters is 1. The molecule has 0 bridgehead atoms. The minimum Gasteiger partial charge on any atom is -0.462 e. The lowest BCUT2D eigenvalue weighted by Crippen LogP contribution is -2.63. The fourth-order valence-corrected chi connectivity index (χ4v) is 3.54. The van der Waals surface area contributed by atoms with E-state index in [2.05, 4.69) is 15.3 Å². The molecule has 0 atom stereocenters. The molecule has 3 N–H and O–H groups in total. The molecule has 158 valence electrons. The van der Waals surface area contributed by atoms with Crippen molar-refractivity contribution in [3.63, 3.8) is 0 Å². The summed E-state index contributed by atoms with van der Waals surface area (Å²) in [5.74, 6) is -0.408. The van der Waals surface area contributed by atoms with Crippen molar-refractivity contribution in [1.29, 1.82) is 0 Å². The van der Waals surface area contributed by atoms with Crippen LogP contribution in [0, 0.1) is 11.7 Å². The number of carbonyl (C=O) groups excluding carboxylic acids is 2. The number of nitrogens with one attached hydrogen (secondary N) is 3. The molecule has 31 heavy (non-hydrogen) atoms. The molecule has 1 fully saturated rings. The third-order valence-electron chi connectivity index (χ3n) is 5.44. The molecule has 7 nitrogen and oxygen atoms in total. The number of Topliss-reactive ketones (excluding diaryl/α,β-unsaturated/α-hetero) is 1. The number of ketones is 1. The first kappa shape index (κ1) is 19.3. The molecule has 3 heterocycles. The highest BCUT2D eigenvalue weighted by atomic mass is 19.1. The van der Waals surface area contributed by atoms with Gasteiger partial charge in [-0.15, -0.1) is 0 Å². The van der Waals surface area contributed by atoms with Crippen LogP contribution in [-0.4, -0.2) is 29.6 Å². The summed E-state index contributed by atoms with van der Waals surface area (Å²) in [7, 11) is 0. The maximum atomic E-state index is 13.2. The van der Waals surface area contributed by atoms with Gasteiger partial charge in [-0.05, 0) is 55.5 Å². The van der Waals surface area contributed by atoms with Crippen LogP contribution in [0.2, 0.25) is 0 Å². The van der Waals surface area contributed by atoms with E-state index in [1.165, 1.54) is 24.3 Å². The van der Waals surface area contributed by atoms with Gasteiger partial charge in [0.25, 0.3) is 5.82 Å². The van der Waals surface area contributed by atoms with Crippen molar-refractivity contribution in [2.24, 2.45) is 5.92 Å². The van der Waals surface area contributed by atoms with E-state index in [9.17, 15) is 14.0 Å². The number of allylic oxidation sites excluding steroid dienone is 1. The zero-order valence-electron chi connectivity index (χ0n) is 16.7. The highest BCUT2D eigenvalue weighted by Gasteiger charge is 2.38. The third kappa shape index (κ3) is 4.01. The molecule has 2 aliphatic heterocycles. The van der Waals surface area contributed by atoms with E-state index in [1.807, 2.05) is 6.21 Å². The average molecular weight is 422 g/mol. The standard InChI is InChI=1S/C23H20FN3O4/c24-15-5-7-16(8-6-15)27-22-19(23(29)30-12-13-3-4-13)20(28)18(31-22)10-14-11-26-21-17(14)2-1-9-25-21/h5-11,13,26-27H,1-4,12H2/p+1/b18-10-. The molecule has 0 amide bonds. The number of aromatic nitrogens is 1. The van der Waals surface area contributed by atoms with Gasteiger partial charge < -0.3 is 14.8 Å². The van der Waals surface area contributed by atoms with E-state index in [4.69, 9.17) is 9.47 Å². The Labute approximate surface area is 177 Å². The van der Waals surface area contributed by atoms with Crippen LogP contribution in [0.3, 0.4) is 0 Å². The lowest BCUT2D eigenvalue weighted by molar-refractivity contribution is -0.356. The number of H-pyrrole nitrogens is 1. The van der Waals surface area contributed by atoms with Gasteiger partial charge in [0.2, 0.25) is 11.7 Å². The predicted octanol–water partition coefficient (Wildman–Crippen LogP) is 2.10. The topological polar surface area (TPSA) is 94.4 Å². The first-order valence-corrected chi connectivity index (χ1v) is 10.2. The van der Waals surface area contributed by atoms with Gasteiger partial charge in [0.1, 0.15) is 5.82 Å². The number of fused-ring (bicyclic) bond motifs is 1. The Hall–Kier alpha value is -3.68. The quantitative estimate of drug-likeness (QED) is 0.377. The number of rotatable bonds is 6. The largest absolute Gasteiger partial charge is 0.462 e. The number of hydrogen-bond acceptors (Lipinski definition) is 5. The fraction of sp³-hybridized carbons (Fsp3) is 0.261. The van der Waals surface area contributed by atoms with Crippen LogP contribution in [0.5, 0.6) is 0 Å². The zero-order valence-corrected chi connectivity index (χ0v) is 16.7. The second-order valence-electron chi connectivity index (χ2n) is 7.80. The summed E-state index contributed by atoms with van der Waals surface area (Å²) in [6, 6.07) is 5.54. The third-order valence-corrected chi connectivity index (χ3v) is 5.44. The smallest absolute Gasteiger partial charge is 0.347 e. The molecule has 0 radical (unpaired) electrons. The van der Waals surface area contributed by atoms with Gasteiger partial charge in [-0.25, -0.2) is 14.2 Å². The Morgan fingerprint density at radius 3 is 2.90 bits per heavy atom. The Kier molecular flexibility index (Phi) is 4.89. The van der Waals surface area contributed by atoms with Crippen LogP contribution in [0.25, 0.3) is 6.08 Å². The van der Waals surface area contributed by atoms with Crippen molar-refractivity contribution in [2.75, 3.05) is 11.9 Å². The van der Waals surface area contributed by atoms with Gasteiger partial charge in [-0.3, -0.25) is 9.79 Å². The average Bonchev–Trinajstić information content (AvgIpc) is 3.45. The van der Waals surface area contributed by atoms with Gasteiger partial charge >= 0.3 is 5.97 Å². The molecule has 1 aromatic carbocycles. The molecular weight excluding hydrogens is 401 g/mol. The molecule has 3 aliphatic rings. The minimum atomic E-state index is -0.725. The molecule has 1 aliphatic carbocycles. The molecule has 2 aromatic rings. The second kappa shape index (κ2) is 7.86. The molecule has 1 saturated carbocycles. The van der Waals surface area contributed by atoms with Crippen LogP contribution in [0.15, 0.2) is 47.7 Å². The van der Waals surface area contributed by atoms with Crippen LogP contribution >= 0.6 is 0 Å². The fourth-order valence-electron chi connectivity index (χ4n) is 3.54. The molecule has 0 unspecified atom stereocenters. The second-order valence-corrected chi connectivity index (χ2v) is 7.80. The highest BCUT2D eigenvalue weighted by Crippen LogP contribution is 2.32. The van der Waals surface area contributed by atoms with Crippen LogP contribution < -0.4 is 10.3 Å². The number of ether oxygens (including phenoxy) is 2. The number of halogens is 1. The van der Waals surface area contributed by atoms with Crippen molar-refractivity contribution in [3.05, 3.63) is 64.6 Å². The van der Waals surface area contributed by atoms with Crippen LogP contribution in [0.1, 0.15) is 30.4 Å². The maximum absolute atomic E-state index is 13.2. The number of anilines is 1. The van der Waals surface area contributed by atoms with Gasteiger partial charge in [-0.1, -0.05) is 0 Å². The lowest BCUT2D eigenvalue weighted by Gasteiger charge is -2.09. The van der Waals surface area contributed by atoms with Gasteiger partial charge in [0, 0.05) is 17.7 Å². The van der Waals surface area contributed by atoms with Gasteiger partial charge in [0.15, 0.2) is 11.3 Å². The molecule has 0 saturated heterocycles. The zero-order chi connectivity index (χ0) is 21.4. The first-order chi connectivity index (χ1) is 15.1. The Morgan fingerprint density at radius 2 is 2.13 bits per heavy atom. The monoisotopic (exact) mass is 422 g/mol. The van der Waals surface area contributed by atoms with E-state index >= 15 is 0 Å². The lowest BCUT2D eigenvalue weighted by atomic mass is 10.0. The van der Waals surface area contributed by atoms with Crippen molar-refractivity contribution in [1.82, 2.24) is 4.98 Å². The summed E-state index contributed by atoms with van der Waals surface area (Å²) in [6.07, 6.45) is 9.11. The van der Waals surface area contributed by atoms with Crippen molar-refractivity contribution in [2.45, 2.75) is 25.7 Å². The van der Waals surface area contributed by atoms with Crippen molar-refractivity contribution in [3.8, 4) is 0 Å². The van der Waals surface area contributed by atoms with E-state index in [0.29, 0.717) is 11.6 Å². The van der Waals surface area contributed by atoms with E-state index in [0.717, 1.165) is 42.6 Å². The Bertz CT molecular complexity index is 1140. The van der Waals surface area contributed by atoms with E-state index in [-0.39, 0.29) is 23.8 Å². The van der Waals surface area contributed by atoms with E-state index in [1.54, 1.807) is 12.3 Å². The molecule has 0 spiro atoms. The first-order valence-electron chi connectivity index (χ1n) is 10.2. The normalized spacial score (nSPS) is 18.9. The summed E-state index contributed by atoms with van der Waals surface area (Å²) in [5.41, 5.74) is 2.15. The summed E-state index contributed by atoms with van der Waals surface area (Å²) in [5, 5.41) is 2.91. The summed E-state index contributed by atoms with van der Waals surface area (Å²) < 4.78 is 24.4. The predicted molar refractivity (Wildman–Crippen MR) is 111 cm³/mol. The number of benzene rings is 1. The van der Waals surface area contributed by atoms with Crippen molar-refractivity contribution < 1.29 is 28.4 Å². The molecular formula is C23H21FN3O4+. The van der Waals surface area contributed by atoms with Gasteiger partial charge in [0.05, 0.1) is 24.6 Å². The highest BCUT2D eigenvalue weighted by molar-refractivity contribution is 6.26. The number of carbonyl (C=O) groups is 2. The molecule has 8 heteroatoms. The number of hydrogen-bond donors (Lipinski definition) is 3.